The van der Waals surface area contributed by atoms with E-state index in [2.05, 4.69) is 20.6 Å². The van der Waals surface area contributed by atoms with Gasteiger partial charge in [-0.25, -0.2) is 4.98 Å². The third-order valence-electron chi connectivity index (χ3n) is 6.31. The number of fused-ring (bicyclic) bond motifs is 1. The summed E-state index contributed by atoms with van der Waals surface area (Å²) in [5.74, 6) is 0.174. The maximum absolute atomic E-state index is 12.5. The Bertz CT molecular complexity index is 1060. The maximum atomic E-state index is 12.5. The fraction of sp³-hybridized carbons (Fsp3) is 0.478. The molecule has 1 aliphatic carbocycles. The van der Waals surface area contributed by atoms with Crippen LogP contribution >= 0.6 is 11.6 Å². The molecule has 1 aromatic carbocycles. The van der Waals surface area contributed by atoms with Gasteiger partial charge in [0, 0.05) is 24.6 Å². The average molecular weight is 474 g/mol. The molecule has 1 aromatic heterocycles. The topological polar surface area (TPSA) is 117 Å². The zero-order chi connectivity index (χ0) is 23.5. The van der Waals surface area contributed by atoms with Crippen molar-refractivity contribution in [3.63, 3.8) is 0 Å². The van der Waals surface area contributed by atoms with Gasteiger partial charge in [-0.2, -0.15) is 4.98 Å². The first kappa shape index (κ1) is 23.1. The number of nitrogens with one attached hydrogen (secondary N) is 2. The van der Waals surface area contributed by atoms with E-state index in [1.165, 1.54) is 6.20 Å². The molecule has 2 aromatic rings. The number of anilines is 4. The van der Waals surface area contributed by atoms with E-state index in [1.54, 1.807) is 12.0 Å². The van der Waals surface area contributed by atoms with Crippen LogP contribution < -0.4 is 20.3 Å². The molecule has 2 atom stereocenters. The molecule has 0 unspecified atom stereocenters. The van der Waals surface area contributed by atoms with Crippen LogP contribution in [0.15, 0.2) is 18.3 Å². The van der Waals surface area contributed by atoms with Crippen LogP contribution in [0.2, 0.25) is 5.02 Å². The minimum Gasteiger partial charge on any atom is -0.494 e. The Kier molecular flexibility index (Phi) is 6.88. The molecule has 0 radical (unpaired) electrons. The molecule has 0 spiro atoms. The summed E-state index contributed by atoms with van der Waals surface area (Å²) in [6, 6.07) is 3.53. The highest BCUT2D eigenvalue weighted by Crippen LogP contribution is 2.40. The van der Waals surface area contributed by atoms with Crippen LogP contribution in [0.1, 0.15) is 44.6 Å². The second-order valence-electron chi connectivity index (χ2n) is 8.28. The van der Waals surface area contributed by atoms with E-state index in [0.29, 0.717) is 47.6 Å². The molecule has 1 saturated carbocycles. The molecule has 1 aliphatic heterocycles. The van der Waals surface area contributed by atoms with E-state index in [4.69, 9.17) is 16.3 Å². The molecule has 4 rings (SSSR count). The first-order chi connectivity index (χ1) is 15.9. The molecule has 1 fully saturated rings. The lowest BCUT2D eigenvalue weighted by Crippen LogP contribution is -2.30. The van der Waals surface area contributed by atoms with E-state index in [0.717, 1.165) is 36.9 Å². The van der Waals surface area contributed by atoms with Gasteiger partial charge < -0.3 is 25.4 Å². The summed E-state index contributed by atoms with van der Waals surface area (Å²) in [6.45, 7) is 2.55. The number of halogens is 1. The summed E-state index contributed by atoms with van der Waals surface area (Å²) < 4.78 is 5.74. The molecule has 176 valence electrons. The minimum atomic E-state index is -0.817. The Labute approximate surface area is 197 Å². The fourth-order valence-corrected chi connectivity index (χ4v) is 4.87. The Balaban J connectivity index is 1.62. The van der Waals surface area contributed by atoms with Gasteiger partial charge in [0.15, 0.2) is 5.82 Å². The van der Waals surface area contributed by atoms with Crippen molar-refractivity contribution >= 4 is 46.6 Å². The molecular formula is C23H28ClN5O4. The number of carbonyl (C=O) groups is 2. The van der Waals surface area contributed by atoms with Crippen LogP contribution in [-0.2, 0) is 16.0 Å². The second-order valence-corrected chi connectivity index (χ2v) is 8.68. The van der Waals surface area contributed by atoms with E-state index >= 15 is 0 Å². The average Bonchev–Trinajstić information content (AvgIpc) is 3.19. The zero-order valence-electron chi connectivity index (χ0n) is 18.7. The van der Waals surface area contributed by atoms with Crippen LogP contribution in [0.5, 0.6) is 5.75 Å². The Morgan fingerprint density at radius 3 is 2.85 bits per heavy atom. The number of hydrogen-bond donors (Lipinski definition) is 3. The summed E-state index contributed by atoms with van der Waals surface area (Å²) in [5.41, 5.74) is 2.51. The molecule has 3 N–H and O–H groups in total. The van der Waals surface area contributed by atoms with Crippen molar-refractivity contribution in [3.05, 3.63) is 28.9 Å². The minimum absolute atomic E-state index is 0.113. The third kappa shape index (κ3) is 4.68. The van der Waals surface area contributed by atoms with Crippen molar-refractivity contribution in [1.29, 1.82) is 0 Å². The van der Waals surface area contributed by atoms with Crippen LogP contribution in [0.3, 0.4) is 0 Å². The number of carboxylic acids is 1. The van der Waals surface area contributed by atoms with Crippen molar-refractivity contribution < 1.29 is 19.4 Å². The molecule has 1 amide bonds. The molecule has 33 heavy (non-hydrogen) atoms. The summed E-state index contributed by atoms with van der Waals surface area (Å²) in [7, 11) is 1.60. The number of methoxy groups -OCH3 is 1. The van der Waals surface area contributed by atoms with Gasteiger partial charge in [0.1, 0.15) is 10.8 Å². The Morgan fingerprint density at radius 1 is 1.30 bits per heavy atom. The van der Waals surface area contributed by atoms with E-state index in [9.17, 15) is 14.7 Å². The predicted octanol–water partition coefficient (Wildman–Crippen LogP) is 4.24. The second kappa shape index (κ2) is 9.82. The van der Waals surface area contributed by atoms with Crippen molar-refractivity contribution in [2.75, 3.05) is 29.2 Å². The standard InChI is InChI=1S/C23H28ClN5O4/c1-3-29-18-11-10-17(20(33-2)14(18)7-5-9-19(29)30)27-23-25-12-15(24)21(28-23)26-16-8-4-6-13(16)22(31)32/h10-13,16H,3-9H2,1-2H3,(H,31,32)(H2,25,26,27,28)/t13-,16+/m1/s1. The number of amides is 1. The van der Waals surface area contributed by atoms with Gasteiger partial charge in [-0.1, -0.05) is 18.0 Å². The Morgan fingerprint density at radius 2 is 2.12 bits per heavy atom. The number of carbonyl (C=O) groups excluding carboxylic acids is 1. The van der Waals surface area contributed by atoms with Crippen molar-refractivity contribution in [2.24, 2.45) is 5.92 Å². The summed E-state index contributed by atoms with van der Waals surface area (Å²) in [5, 5.41) is 16.2. The van der Waals surface area contributed by atoms with Crippen LogP contribution in [0, 0.1) is 5.92 Å². The number of hydrogen-bond acceptors (Lipinski definition) is 7. The lowest BCUT2D eigenvalue weighted by molar-refractivity contribution is -0.141. The number of rotatable bonds is 7. The fourth-order valence-electron chi connectivity index (χ4n) is 4.73. The van der Waals surface area contributed by atoms with Crippen LogP contribution in [0.25, 0.3) is 0 Å². The van der Waals surface area contributed by atoms with Gasteiger partial charge in [-0.05, 0) is 44.7 Å². The monoisotopic (exact) mass is 473 g/mol. The van der Waals surface area contributed by atoms with Crippen molar-refractivity contribution in [1.82, 2.24) is 9.97 Å². The number of aromatic nitrogens is 2. The number of aliphatic carboxylic acids is 1. The maximum Gasteiger partial charge on any atom is 0.308 e. The molecule has 0 saturated heterocycles. The molecule has 9 nitrogen and oxygen atoms in total. The van der Waals surface area contributed by atoms with Crippen molar-refractivity contribution in [2.45, 2.75) is 51.5 Å². The van der Waals surface area contributed by atoms with Gasteiger partial charge >= 0.3 is 5.97 Å². The SMILES string of the molecule is CCN1C(=O)CCCc2c1ccc(Nc1ncc(Cl)c(N[C@H]3CCC[C@H]3C(=O)O)n1)c2OC. The number of benzene rings is 1. The van der Waals surface area contributed by atoms with E-state index in [1.807, 2.05) is 19.1 Å². The molecule has 0 bridgehead atoms. The summed E-state index contributed by atoms with van der Waals surface area (Å²) in [4.78, 5) is 34.5. The lowest BCUT2D eigenvalue weighted by atomic mass is 10.0. The van der Waals surface area contributed by atoms with Gasteiger partial charge in [0.2, 0.25) is 11.9 Å². The molecular weight excluding hydrogens is 446 g/mol. The van der Waals surface area contributed by atoms with Gasteiger partial charge in [-0.15, -0.1) is 0 Å². The molecule has 10 heteroatoms. The van der Waals surface area contributed by atoms with E-state index in [-0.39, 0.29) is 11.9 Å². The normalized spacial score (nSPS) is 20.2. The number of carboxylic acid groups (broad SMARTS) is 1. The largest absolute Gasteiger partial charge is 0.494 e. The molecule has 2 heterocycles. The Hall–Kier alpha value is -3.07. The highest BCUT2D eigenvalue weighted by molar-refractivity contribution is 6.32. The number of nitrogens with zero attached hydrogens (tertiary/aromatic N) is 3. The zero-order valence-corrected chi connectivity index (χ0v) is 19.5. The quantitative estimate of drug-likeness (QED) is 0.546. The predicted molar refractivity (Wildman–Crippen MR) is 127 cm³/mol. The van der Waals surface area contributed by atoms with Gasteiger partial charge in [-0.3, -0.25) is 9.59 Å². The van der Waals surface area contributed by atoms with Crippen LogP contribution in [0.4, 0.5) is 23.1 Å². The third-order valence-corrected chi connectivity index (χ3v) is 6.59. The smallest absolute Gasteiger partial charge is 0.308 e. The summed E-state index contributed by atoms with van der Waals surface area (Å²) >= 11 is 6.30. The van der Waals surface area contributed by atoms with Gasteiger partial charge in [0.05, 0.1) is 30.6 Å². The van der Waals surface area contributed by atoms with Crippen LogP contribution in [-0.4, -0.2) is 46.6 Å². The lowest BCUT2D eigenvalue weighted by Gasteiger charge is -2.24. The van der Waals surface area contributed by atoms with Gasteiger partial charge in [0.25, 0.3) is 0 Å². The highest BCUT2D eigenvalue weighted by atomic mass is 35.5. The molecule has 2 aliphatic rings. The van der Waals surface area contributed by atoms with Crippen molar-refractivity contribution in [3.8, 4) is 5.75 Å². The van der Waals surface area contributed by atoms with E-state index < -0.39 is 11.9 Å². The number of ether oxygens (including phenoxy) is 1. The first-order valence-corrected chi connectivity index (χ1v) is 11.6. The summed E-state index contributed by atoms with van der Waals surface area (Å²) in [6.07, 6.45) is 5.67. The highest BCUT2D eigenvalue weighted by Gasteiger charge is 2.33. The first-order valence-electron chi connectivity index (χ1n) is 11.2.